The molecule has 2 aromatic rings. The maximum Gasteiger partial charge on any atom is 0.248 e. The van der Waals surface area contributed by atoms with E-state index in [1.54, 1.807) is 37.5 Å². The van der Waals surface area contributed by atoms with Crippen LogP contribution in [0.4, 0.5) is 14.5 Å². The molecule has 1 N–H and O–H groups in total. The first-order chi connectivity index (χ1) is 12.5. The highest BCUT2D eigenvalue weighted by Crippen LogP contribution is 2.30. The van der Waals surface area contributed by atoms with Gasteiger partial charge in [0, 0.05) is 6.08 Å². The van der Waals surface area contributed by atoms with Crippen LogP contribution in [0.2, 0.25) is 0 Å². The molecule has 0 fully saturated rings. The number of ether oxygens (including phenoxy) is 2. The van der Waals surface area contributed by atoms with Gasteiger partial charge < -0.3 is 14.8 Å². The summed E-state index contributed by atoms with van der Waals surface area (Å²) in [7, 11) is 1.57. The molecule has 0 atom stereocenters. The zero-order valence-electron chi connectivity index (χ0n) is 14.7. The van der Waals surface area contributed by atoms with Gasteiger partial charge in [-0.1, -0.05) is 25.5 Å². The van der Waals surface area contributed by atoms with Crippen molar-refractivity contribution in [2.45, 2.75) is 19.8 Å². The van der Waals surface area contributed by atoms with E-state index in [-0.39, 0.29) is 18.0 Å². The first-order valence-electron chi connectivity index (χ1n) is 8.29. The largest absolute Gasteiger partial charge is 0.497 e. The van der Waals surface area contributed by atoms with Crippen LogP contribution >= 0.6 is 0 Å². The maximum absolute atomic E-state index is 14.0. The number of hydrogen-bond acceptors (Lipinski definition) is 3. The quantitative estimate of drug-likeness (QED) is 0.542. The first kappa shape index (κ1) is 19.4. The van der Waals surface area contributed by atoms with E-state index < -0.39 is 17.5 Å². The molecule has 4 nitrogen and oxygen atoms in total. The van der Waals surface area contributed by atoms with E-state index in [0.717, 1.165) is 18.1 Å². The smallest absolute Gasteiger partial charge is 0.248 e. The van der Waals surface area contributed by atoms with Gasteiger partial charge in [0.2, 0.25) is 11.7 Å². The maximum atomic E-state index is 14.0. The number of rotatable bonds is 8. The van der Waals surface area contributed by atoms with E-state index in [9.17, 15) is 13.6 Å². The molecule has 26 heavy (non-hydrogen) atoms. The number of benzene rings is 2. The highest BCUT2D eigenvalue weighted by molar-refractivity contribution is 6.02. The summed E-state index contributed by atoms with van der Waals surface area (Å²) in [6.07, 6.45) is 4.45. The molecule has 2 aromatic carbocycles. The third-order valence-electron chi connectivity index (χ3n) is 3.60. The van der Waals surface area contributed by atoms with Gasteiger partial charge in [0.25, 0.3) is 0 Å². The molecular formula is C20H21F2NO3. The first-order valence-corrected chi connectivity index (χ1v) is 8.29. The molecule has 0 aliphatic carbocycles. The number of methoxy groups -OCH3 is 1. The zero-order valence-corrected chi connectivity index (χ0v) is 14.7. The van der Waals surface area contributed by atoms with Crippen molar-refractivity contribution in [1.29, 1.82) is 0 Å². The molecule has 6 heteroatoms. The van der Waals surface area contributed by atoms with Crippen LogP contribution in [0.15, 0.2) is 42.5 Å². The van der Waals surface area contributed by atoms with Crippen LogP contribution in [0.3, 0.4) is 0 Å². The summed E-state index contributed by atoms with van der Waals surface area (Å²) < 4.78 is 37.8. The molecule has 0 saturated heterocycles. The Balaban J connectivity index is 2.09. The molecule has 2 rings (SSSR count). The molecule has 0 spiro atoms. The van der Waals surface area contributed by atoms with Gasteiger partial charge in [0.1, 0.15) is 5.75 Å². The van der Waals surface area contributed by atoms with Crippen molar-refractivity contribution >= 4 is 17.7 Å². The lowest BCUT2D eigenvalue weighted by atomic mass is 10.2. The summed E-state index contributed by atoms with van der Waals surface area (Å²) in [5.74, 6) is -2.19. The van der Waals surface area contributed by atoms with Crippen molar-refractivity contribution in [1.82, 2.24) is 0 Å². The topological polar surface area (TPSA) is 47.6 Å². The second-order valence-electron chi connectivity index (χ2n) is 5.54. The minimum atomic E-state index is -1.11. The Bertz CT molecular complexity index is 773. The highest BCUT2D eigenvalue weighted by atomic mass is 19.2. The van der Waals surface area contributed by atoms with E-state index in [4.69, 9.17) is 9.47 Å². The van der Waals surface area contributed by atoms with Crippen molar-refractivity contribution in [3.8, 4) is 11.5 Å². The van der Waals surface area contributed by atoms with Gasteiger partial charge in [-0.15, -0.1) is 0 Å². The third kappa shape index (κ3) is 5.31. The predicted molar refractivity (Wildman–Crippen MR) is 97.4 cm³/mol. The minimum Gasteiger partial charge on any atom is -0.497 e. The van der Waals surface area contributed by atoms with E-state index in [1.165, 1.54) is 12.1 Å². The molecule has 0 bridgehead atoms. The lowest BCUT2D eigenvalue weighted by molar-refractivity contribution is -0.111. The van der Waals surface area contributed by atoms with Gasteiger partial charge in [-0.05, 0) is 42.3 Å². The van der Waals surface area contributed by atoms with Crippen LogP contribution in [-0.2, 0) is 4.79 Å². The van der Waals surface area contributed by atoms with Crippen LogP contribution < -0.4 is 14.8 Å². The number of amides is 1. The van der Waals surface area contributed by atoms with Crippen LogP contribution in [0.5, 0.6) is 11.5 Å². The van der Waals surface area contributed by atoms with E-state index in [0.29, 0.717) is 12.2 Å². The minimum absolute atomic E-state index is 0.0874. The SMILES string of the molecule is CCCCOc1c(NC(=O)/C=C/c2ccc(OC)cc2)ccc(F)c1F. The van der Waals surface area contributed by atoms with Crippen LogP contribution in [0.25, 0.3) is 6.08 Å². The Labute approximate surface area is 151 Å². The number of nitrogens with one attached hydrogen (secondary N) is 1. The fraction of sp³-hybridized carbons (Fsp3) is 0.250. The van der Waals surface area contributed by atoms with Crippen LogP contribution in [-0.4, -0.2) is 19.6 Å². The number of anilines is 1. The van der Waals surface area contributed by atoms with Crippen molar-refractivity contribution in [2.75, 3.05) is 19.0 Å². The lowest BCUT2D eigenvalue weighted by Gasteiger charge is -2.13. The Morgan fingerprint density at radius 1 is 1.15 bits per heavy atom. The molecular weight excluding hydrogens is 340 g/mol. The molecule has 0 aliphatic rings. The molecule has 0 heterocycles. The third-order valence-corrected chi connectivity index (χ3v) is 3.60. The van der Waals surface area contributed by atoms with Crippen molar-refractivity contribution in [2.24, 2.45) is 0 Å². The second kappa shape index (κ2) is 9.56. The van der Waals surface area contributed by atoms with Gasteiger partial charge in [-0.25, -0.2) is 4.39 Å². The monoisotopic (exact) mass is 361 g/mol. The van der Waals surface area contributed by atoms with Gasteiger partial charge in [-0.3, -0.25) is 4.79 Å². The van der Waals surface area contributed by atoms with Gasteiger partial charge in [0.15, 0.2) is 11.6 Å². The van der Waals surface area contributed by atoms with E-state index in [1.807, 2.05) is 6.92 Å². The normalized spacial score (nSPS) is 10.8. The lowest BCUT2D eigenvalue weighted by Crippen LogP contribution is -2.11. The standard InChI is InChI=1S/C20H21F2NO3/c1-3-4-13-26-20-17(11-10-16(21)19(20)22)23-18(24)12-7-14-5-8-15(25-2)9-6-14/h5-12H,3-4,13H2,1-2H3,(H,23,24)/b12-7+. The van der Waals surface area contributed by atoms with Crippen molar-refractivity contribution in [3.63, 3.8) is 0 Å². The van der Waals surface area contributed by atoms with E-state index in [2.05, 4.69) is 5.32 Å². The highest BCUT2D eigenvalue weighted by Gasteiger charge is 2.16. The zero-order chi connectivity index (χ0) is 18.9. The fourth-order valence-electron chi connectivity index (χ4n) is 2.15. The summed E-state index contributed by atoms with van der Waals surface area (Å²) in [5, 5.41) is 2.52. The number of halogens is 2. The van der Waals surface area contributed by atoms with Crippen LogP contribution in [0, 0.1) is 11.6 Å². The number of unbranched alkanes of at least 4 members (excludes halogenated alkanes) is 1. The number of hydrogen-bond donors (Lipinski definition) is 1. The molecule has 0 saturated carbocycles. The van der Waals surface area contributed by atoms with Gasteiger partial charge in [-0.2, -0.15) is 4.39 Å². The molecule has 0 radical (unpaired) electrons. The summed E-state index contributed by atoms with van der Waals surface area (Å²) in [6, 6.07) is 9.35. The Morgan fingerprint density at radius 3 is 2.54 bits per heavy atom. The van der Waals surface area contributed by atoms with Gasteiger partial charge >= 0.3 is 0 Å². The van der Waals surface area contributed by atoms with Crippen LogP contribution in [0.1, 0.15) is 25.3 Å². The van der Waals surface area contributed by atoms with Crippen molar-refractivity contribution < 1.29 is 23.0 Å². The second-order valence-corrected chi connectivity index (χ2v) is 5.54. The Hall–Kier alpha value is -2.89. The summed E-state index contributed by atoms with van der Waals surface area (Å²) >= 11 is 0. The molecule has 0 unspecified atom stereocenters. The summed E-state index contributed by atoms with van der Waals surface area (Å²) in [4.78, 5) is 12.1. The number of carbonyl (C=O) groups is 1. The summed E-state index contributed by atoms with van der Waals surface area (Å²) in [6.45, 7) is 2.19. The number of carbonyl (C=O) groups excluding carboxylic acids is 1. The summed E-state index contributed by atoms with van der Waals surface area (Å²) in [5.41, 5.74) is 0.884. The molecule has 1 amide bonds. The Morgan fingerprint density at radius 2 is 1.88 bits per heavy atom. The molecule has 0 aliphatic heterocycles. The molecule has 138 valence electrons. The average Bonchev–Trinajstić information content (AvgIpc) is 2.66. The predicted octanol–water partition coefficient (Wildman–Crippen LogP) is 4.80. The average molecular weight is 361 g/mol. The molecule has 0 aromatic heterocycles. The van der Waals surface area contributed by atoms with Gasteiger partial charge in [0.05, 0.1) is 19.4 Å². The fourth-order valence-corrected chi connectivity index (χ4v) is 2.15. The van der Waals surface area contributed by atoms with Crippen molar-refractivity contribution in [3.05, 3.63) is 59.7 Å². The Kier molecular flexibility index (Phi) is 7.14. The van der Waals surface area contributed by atoms with E-state index >= 15 is 0 Å².